The van der Waals surface area contributed by atoms with E-state index in [2.05, 4.69) is 20.8 Å². The quantitative estimate of drug-likeness (QED) is 0.466. The van der Waals surface area contributed by atoms with Crippen molar-refractivity contribution in [1.82, 2.24) is 0 Å². The molecule has 0 aliphatic carbocycles. The van der Waals surface area contributed by atoms with Gasteiger partial charge in [-0.2, -0.15) is 0 Å². The number of para-hydroxylation sites is 2. The summed E-state index contributed by atoms with van der Waals surface area (Å²) in [4.78, 5) is 0. The van der Waals surface area contributed by atoms with Gasteiger partial charge in [-0.15, -0.1) is 0 Å². The number of hydrogen-bond donors (Lipinski definition) is 2. The Kier molecular flexibility index (Phi) is 11.3. The van der Waals surface area contributed by atoms with Gasteiger partial charge in [0.2, 0.25) is 0 Å². The van der Waals surface area contributed by atoms with E-state index in [1.807, 2.05) is 36.4 Å². The monoisotopic (exact) mass is 356 g/mol. The van der Waals surface area contributed by atoms with Crippen LogP contribution in [-0.2, 0) is 6.42 Å². The second-order valence-corrected chi connectivity index (χ2v) is 7.21. The summed E-state index contributed by atoms with van der Waals surface area (Å²) in [6, 6.07) is 15.1. The molecule has 0 bridgehead atoms. The Balaban J connectivity index is 0.000000289. The number of hydrogen-bond acceptors (Lipinski definition) is 2. The van der Waals surface area contributed by atoms with E-state index in [9.17, 15) is 10.2 Å². The molecule has 0 unspecified atom stereocenters. The molecule has 0 aliphatic heterocycles. The zero-order valence-corrected chi connectivity index (χ0v) is 16.7. The number of unbranched alkanes of at least 4 members (excludes halogenated alkanes) is 6. The lowest BCUT2D eigenvalue weighted by molar-refractivity contribution is 0.464. The van der Waals surface area contributed by atoms with E-state index in [4.69, 9.17) is 0 Å². The standard InChI is InChI=1S/C15H24O.C9H12O/c1-2-3-4-5-6-7-8-11-14-12-9-10-13-15(14)16;1-7(2)8-5-3-4-6-9(8)10/h9-10,12-13,16H,2-8,11H2,1H3;3-7,10H,1-2H3. The Morgan fingerprint density at radius 1 is 0.692 bits per heavy atom. The largest absolute Gasteiger partial charge is 0.508 e. The van der Waals surface area contributed by atoms with Gasteiger partial charge in [0.1, 0.15) is 11.5 Å². The molecule has 144 valence electrons. The summed E-state index contributed by atoms with van der Waals surface area (Å²) in [5.74, 6) is 1.26. The Morgan fingerprint density at radius 3 is 1.77 bits per heavy atom. The van der Waals surface area contributed by atoms with Crippen molar-refractivity contribution in [1.29, 1.82) is 0 Å². The molecule has 0 atom stereocenters. The van der Waals surface area contributed by atoms with Crippen molar-refractivity contribution in [2.24, 2.45) is 0 Å². The number of phenolic OH excluding ortho intramolecular Hbond substituents is 2. The molecule has 0 saturated heterocycles. The highest BCUT2D eigenvalue weighted by atomic mass is 16.3. The van der Waals surface area contributed by atoms with Gasteiger partial charge in [0.25, 0.3) is 0 Å². The SMILES string of the molecule is CC(C)c1ccccc1O.CCCCCCCCCc1ccccc1O. The Hall–Kier alpha value is -1.96. The molecule has 2 aromatic carbocycles. The molecule has 0 amide bonds. The lowest BCUT2D eigenvalue weighted by Gasteiger charge is -2.05. The summed E-state index contributed by atoms with van der Waals surface area (Å²) in [6.45, 7) is 6.38. The zero-order chi connectivity index (χ0) is 19.2. The average Bonchev–Trinajstić information content (AvgIpc) is 2.63. The molecule has 0 heterocycles. The van der Waals surface area contributed by atoms with E-state index < -0.39 is 0 Å². The van der Waals surface area contributed by atoms with Crippen molar-refractivity contribution in [3.8, 4) is 11.5 Å². The summed E-state index contributed by atoms with van der Waals surface area (Å²) in [6.07, 6.45) is 10.3. The third kappa shape index (κ3) is 8.94. The molecule has 0 aromatic heterocycles. The predicted octanol–water partition coefficient (Wildman–Crippen LogP) is 7.20. The van der Waals surface area contributed by atoms with Crippen LogP contribution in [0.2, 0.25) is 0 Å². The van der Waals surface area contributed by atoms with Crippen molar-refractivity contribution < 1.29 is 10.2 Å². The fraction of sp³-hybridized carbons (Fsp3) is 0.500. The first-order valence-electron chi connectivity index (χ1n) is 10.1. The molecule has 0 radical (unpaired) electrons. The number of rotatable bonds is 9. The van der Waals surface area contributed by atoms with E-state index in [0.29, 0.717) is 17.4 Å². The maximum atomic E-state index is 9.58. The lowest BCUT2D eigenvalue weighted by atomic mass is 10.0. The molecule has 0 spiro atoms. The first-order valence-corrected chi connectivity index (χ1v) is 10.1. The van der Waals surface area contributed by atoms with Crippen LogP contribution in [0, 0.1) is 0 Å². The van der Waals surface area contributed by atoms with Crippen LogP contribution in [0.25, 0.3) is 0 Å². The van der Waals surface area contributed by atoms with Crippen LogP contribution in [0.4, 0.5) is 0 Å². The van der Waals surface area contributed by atoms with Crippen molar-refractivity contribution in [2.45, 2.75) is 78.1 Å². The Morgan fingerprint density at radius 2 is 1.23 bits per heavy atom. The van der Waals surface area contributed by atoms with Gasteiger partial charge in [-0.3, -0.25) is 0 Å². The molecule has 2 N–H and O–H groups in total. The van der Waals surface area contributed by atoms with E-state index in [1.165, 1.54) is 44.9 Å². The van der Waals surface area contributed by atoms with Crippen LogP contribution in [0.3, 0.4) is 0 Å². The highest BCUT2D eigenvalue weighted by Crippen LogP contribution is 2.23. The smallest absolute Gasteiger partial charge is 0.119 e. The molecule has 2 heteroatoms. The molecular weight excluding hydrogens is 320 g/mol. The number of phenols is 2. The van der Waals surface area contributed by atoms with Gasteiger partial charge >= 0.3 is 0 Å². The van der Waals surface area contributed by atoms with Crippen molar-refractivity contribution in [3.63, 3.8) is 0 Å². The first-order chi connectivity index (χ1) is 12.6. The maximum absolute atomic E-state index is 9.58. The van der Waals surface area contributed by atoms with Gasteiger partial charge in [-0.25, -0.2) is 0 Å². The molecule has 0 saturated carbocycles. The Bertz CT molecular complexity index is 605. The predicted molar refractivity (Wildman–Crippen MR) is 112 cm³/mol. The summed E-state index contributed by atoms with van der Waals surface area (Å²) < 4.78 is 0. The van der Waals surface area contributed by atoms with E-state index in [1.54, 1.807) is 12.1 Å². The third-order valence-electron chi connectivity index (χ3n) is 4.60. The summed E-state index contributed by atoms with van der Waals surface area (Å²) >= 11 is 0. The molecule has 0 fully saturated rings. The average molecular weight is 357 g/mol. The number of benzene rings is 2. The van der Waals surface area contributed by atoms with Gasteiger partial charge in [-0.1, -0.05) is 95.7 Å². The van der Waals surface area contributed by atoms with E-state index in [0.717, 1.165) is 17.5 Å². The van der Waals surface area contributed by atoms with Crippen LogP contribution in [-0.4, -0.2) is 10.2 Å². The fourth-order valence-electron chi connectivity index (χ4n) is 2.97. The van der Waals surface area contributed by atoms with Crippen molar-refractivity contribution >= 4 is 0 Å². The van der Waals surface area contributed by atoms with Crippen molar-refractivity contribution in [3.05, 3.63) is 59.7 Å². The second-order valence-electron chi connectivity index (χ2n) is 7.21. The molecular formula is C24H36O2. The normalized spacial score (nSPS) is 10.5. The summed E-state index contributed by atoms with van der Waals surface area (Å²) in [5.41, 5.74) is 2.11. The topological polar surface area (TPSA) is 40.5 Å². The second kappa shape index (κ2) is 13.3. The minimum absolute atomic E-state index is 0.400. The van der Waals surface area contributed by atoms with E-state index >= 15 is 0 Å². The summed E-state index contributed by atoms with van der Waals surface area (Å²) in [7, 11) is 0. The molecule has 2 nitrogen and oxygen atoms in total. The van der Waals surface area contributed by atoms with Gasteiger partial charge in [0.15, 0.2) is 0 Å². The zero-order valence-electron chi connectivity index (χ0n) is 16.7. The number of aryl methyl sites for hydroxylation is 1. The first kappa shape index (κ1) is 22.1. The van der Waals surface area contributed by atoms with Gasteiger partial charge < -0.3 is 10.2 Å². The lowest BCUT2D eigenvalue weighted by Crippen LogP contribution is -1.87. The van der Waals surface area contributed by atoms with Gasteiger partial charge in [0.05, 0.1) is 0 Å². The van der Waals surface area contributed by atoms with Crippen LogP contribution in [0.5, 0.6) is 11.5 Å². The van der Waals surface area contributed by atoms with E-state index in [-0.39, 0.29) is 0 Å². The van der Waals surface area contributed by atoms with Crippen LogP contribution >= 0.6 is 0 Å². The maximum Gasteiger partial charge on any atom is 0.119 e. The summed E-state index contributed by atoms with van der Waals surface area (Å²) in [5, 5.41) is 18.9. The minimum atomic E-state index is 0.400. The number of aromatic hydroxyl groups is 2. The molecule has 0 aliphatic rings. The van der Waals surface area contributed by atoms with Gasteiger partial charge in [-0.05, 0) is 42.0 Å². The molecule has 2 aromatic rings. The molecule has 26 heavy (non-hydrogen) atoms. The third-order valence-corrected chi connectivity index (χ3v) is 4.60. The highest BCUT2D eigenvalue weighted by molar-refractivity contribution is 5.34. The van der Waals surface area contributed by atoms with Crippen molar-refractivity contribution in [2.75, 3.05) is 0 Å². The van der Waals surface area contributed by atoms with Crippen LogP contribution in [0.15, 0.2) is 48.5 Å². The highest BCUT2D eigenvalue weighted by Gasteiger charge is 2.02. The minimum Gasteiger partial charge on any atom is -0.508 e. The Labute approximate surface area is 159 Å². The van der Waals surface area contributed by atoms with Crippen LogP contribution < -0.4 is 0 Å². The van der Waals surface area contributed by atoms with Crippen LogP contribution in [0.1, 0.15) is 82.8 Å². The van der Waals surface area contributed by atoms with Gasteiger partial charge in [0, 0.05) is 0 Å². The molecule has 2 rings (SSSR count). The fourth-order valence-corrected chi connectivity index (χ4v) is 2.97.